The molecule has 1 amide bonds. The summed E-state index contributed by atoms with van der Waals surface area (Å²) in [6, 6.07) is 9.11. The standard InChI is InChI=1S/C11H15NO2.C3H5NO/c1-2-14-11(13)10(12)8-9-6-4-3-5-7-9;1-2-3(4)5/h3-7,10H,2,8,12H2,1H3;2H,1H2,(H2,4,5). The van der Waals surface area contributed by atoms with Gasteiger partial charge in [-0.3, -0.25) is 9.59 Å². The number of rotatable bonds is 5. The molecular weight excluding hydrogens is 244 g/mol. The van der Waals surface area contributed by atoms with Crippen LogP contribution < -0.4 is 11.5 Å². The zero-order valence-electron chi connectivity index (χ0n) is 11.0. The van der Waals surface area contributed by atoms with Gasteiger partial charge in [0.2, 0.25) is 5.91 Å². The number of ether oxygens (including phenoxy) is 1. The average molecular weight is 264 g/mol. The van der Waals surface area contributed by atoms with Crippen LogP contribution in [0, 0.1) is 0 Å². The summed E-state index contributed by atoms with van der Waals surface area (Å²) < 4.78 is 4.81. The quantitative estimate of drug-likeness (QED) is 0.606. The molecule has 0 heterocycles. The fourth-order valence-corrected chi connectivity index (χ4v) is 1.20. The van der Waals surface area contributed by atoms with Crippen LogP contribution in [-0.4, -0.2) is 24.5 Å². The number of esters is 1. The molecule has 4 N–H and O–H groups in total. The van der Waals surface area contributed by atoms with Gasteiger partial charge < -0.3 is 16.2 Å². The molecule has 1 aromatic rings. The van der Waals surface area contributed by atoms with Gasteiger partial charge in [-0.25, -0.2) is 0 Å². The van der Waals surface area contributed by atoms with Crippen LogP contribution in [0.5, 0.6) is 0 Å². The van der Waals surface area contributed by atoms with E-state index in [1.54, 1.807) is 6.92 Å². The van der Waals surface area contributed by atoms with Crippen LogP contribution in [0.3, 0.4) is 0 Å². The lowest BCUT2D eigenvalue weighted by molar-refractivity contribution is -0.144. The van der Waals surface area contributed by atoms with Gasteiger partial charge >= 0.3 is 5.97 Å². The fraction of sp³-hybridized carbons (Fsp3) is 0.286. The molecule has 0 saturated heterocycles. The number of hydrogen-bond donors (Lipinski definition) is 2. The molecule has 0 saturated carbocycles. The minimum absolute atomic E-state index is 0.337. The lowest BCUT2D eigenvalue weighted by Crippen LogP contribution is -2.34. The highest BCUT2D eigenvalue weighted by Gasteiger charge is 2.14. The van der Waals surface area contributed by atoms with Crippen molar-refractivity contribution in [2.75, 3.05) is 6.61 Å². The molecule has 0 aliphatic rings. The monoisotopic (exact) mass is 264 g/mol. The predicted octanol–water partition coefficient (Wildman–Crippen LogP) is 0.777. The van der Waals surface area contributed by atoms with Crippen molar-refractivity contribution in [3.05, 3.63) is 48.6 Å². The number of benzene rings is 1. The second-order valence-electron chi connectivity index (χ2n) is 3.65. The maximum atomic E-state index is 11.2. The molecule has 0 bridgehead atoms. The fourth-order valence-electron chi connectivity index (χ4n) is 1.20. The molecule has 1 rings (SSSR count). The van der Waals surface area contributed by atoms with Crippen LogP contribution in [0.4, 0.5) is 0 Å². The molecule has 1 aromatic carbocycles. The van der Waals surface area contributed by atoms with Gasteiger partial charge in [0, 0.05) is 0 Å². The zero-order valence-corrected chi connectivity index (χ0v) is 11.0. The summed E-state index contributed by atoms with van der Waals surface area (Å²) in [5.74, 6) is -0.818. The van der Waals surface area contributed by atoms with E-state index in [-0.39, 0.29) is 5.97 Å². The largest absolute Gasteiger partial charge is 0.465 e. The molecule has 0 aliphatic heterocycles. The Bertz CT molecular complexity index is 404. The molecule has 5 heteroatoms. The van der Waals surface area contributed by atoms with Gasteiger partial charge in [0.25, 0.3) is 0 Å². The van der Waals surface area contributed by atoms with Crippen molar-refractivity contribution < 1.29 is 14.3 Å². The SMILES string of the molecule is C=CC(N)=O.CCOC(=O)C(N)Cc1ccccc1. The Morgan fingerprint density at radius 3 is 2.32 bits per heavy atom. The highest BCUT2D eigenvalue weighted by atomic mass is 16.5. The van der Waals surface area contributed by atoms with E-state index in [2.05, 4.69) is 12.3 Å². The smallest absolute Gasteiger partial charge is 0.323 e. The summed E-state index contributed by atoms with van der Waals surface area (Å²) in [6.45, 7) is 5.23. The van der Waals surface area contributed by atoms with E-state index in [4.69, 9.17) is 10.5 Å². The Balaban J connectivity index is 0.000000555. The summed E-state index contributed by atoms with van der Waals surface area (Å²) in [4.78, 5) is 20.7. The maximum Gasteiger partial charge on any atom is 0.323 e. The van der Waals surface area contributed by atoms with Crippen LogP contribution in [0.15, 0.2) is 43.0 Å². The molecule has 19 heavy (non-hydrogen) atoms. The Kier molecular flexibility index (Phi) is 8.74. The van der Waals surface area contributed by atoms with Gasteiger partial charge in [-0.2, -0.15) is 0 Å². The van der Waals surface area contributed by atoms with E-state index >= 15 is 0 Å². The number of nitrogens with two attached hydrogens (primary N) is 2. The molecule has 0 aromatic heterocycles. The van der Waals surface area contributed by atoms with Gasteiger partial charge in [-0.05, 0) is 25.0 Å². The number of primary amides is 1. The first-order chi connectivity index (χ1) is 9.01. The third-order valence-electron chi connectivity index (χ3n) is 2.09. The van der Waals surface area contributed by atoms with Crippen LogP contribution in [0.2, 0.25) is 0 Å². The minimum atomic E-state index is -0.558. The summed E-state index contributed by atoms with van der Waals surface area (Å²) in [5.41, 5.74) is 11.2. The van der Waals surface area contributed by atoms with Crippen molar-refractivity contribution in [2.24, 2.45) is 11.5 Å². The zero-order chi connectivity index (χ0) is 14.7. The van der Waals surface area contributed by atoms with E-state index in [0.717, 1.165) is 11.6 Å². The number of amides is 1. The van der Waals surface area contributed by atoms with Crippen molar-refractivity contribution >= 4 is 11.9 Å². The number of hydrogen-bond acceptors (Lipinski definition) is 4. The van der Waals surface area contributed by atoms with E-state index in [0.29, 0.717) is 13.0 Å². The molecule has 5 nitrogen and oxygen atoms in total. The van der Waals surface area contributed by atoms with Gasteiger partial charge in [-0.15, -0.1) is 0 Å². The highest BCUT2D eigenvalue weighted by molar-refractivity contribution is 5.84. The molecule has 1 atom stereocenters. The predicted molar refractivity (Wildman–Crippen MR) is 74.1 cm³/mol. The second kappa shape index (κ2) is 9.85. The Hall–Kier alpha value is -2.14. The first kappa shape index (κ1) is 16.9. The summed E-state index contributed by atoms with van der Waals surface area (Å²) in [7, 11) is 0. The highest BCUT2D eigenvalue weighted by Crippen LogP contribution is 2.02. The Labute approximate surface area is 113 Å². The first-order valence-electron chi connectivity index (χ1n) is 5.89. The van der Waals surface area contributed by atoms with Crippen molar-refractivity contribution in [3.8, 4) is 0 Å². The maximum absolute atomic E-state index is 11.2. The molecule has 0 spiro atoms. The lowest BCUT2D eigenvalue weighted by atomic mass is 10.1. The molecule has 104 valence electrons. The van der Waals surface area contributed by atoms with Crippen LogP contribution in [0.1, 0.15) is 12.5 Å². The second-order valence-corrected chi connectivity index (χ2v) is 3.65. The summed E-state index contributed by atoms with van der Waals surface area (Å²) in [5, 5.41) is 0. The Morgan fingerprint density at radius 1 is 1.37 bits per heavy atom. The van der Waals surface area contributed by atoms with Gasteiger partial charge in [0.1, 0.15) is 6.04 Å². The van der Waals surface area contributed by atoms with Crippen molar-refractivity contribution in [1.82, 2.24) is 0 Å². The molecule has 0 aliphatic carbocycles. The number of carbonyl (C=O) groups is 2. The van der Waals surface area contributed by atoms with E-state index in [1.165, 1.54) is 0 Å². The van der Waals surface area contributed by atoms with Crippen molar-refractivity contribution in [2.45, 2.75) is 19.4 Å². The normalized spacial score (nSPS) is 10.6. The average Bonchev–Trinajstić information content (AvgIpc) is 2.40. The van der Waals surface area contributed by atoms with Crippen LogP contribution in [-0.2, 0) is 20.7 Å². The van der Waals surface area contributed by atoms with Gasteiger partial charge in [0.15, 0.2) is 0 Å². The molecular formula is C14H20N2O3. The minimum Gasteiger partial charge on any atom is -0.465 e. The molecule has 0 fully saturated rings. The lowest BCUT2D eigenvalue weighted by Gasteiger charge is -2.09. The molecule has 0 radical (unpaired) electrons. The van der Waals surface area contributed by atoms with Crippen molar-refractivity contribution in [1.29, 1.82) is 0 Å². The van der Waals surface area contributed by atoms with Crippen molar-refractivity contribution in [3.63, 3.8) is 0 Å². The van der Waals surface area contributed by atoms with Crippen LogP contribution in [0.25, 0.3) is 0 Å². The number of carbonyl (C=O) groups excluding carboxylic acids is 2. The van der Waals surface area contributed by atoms with Gasteiger partial charge in [0.05, 0.1) is 6.61 Å². The Morgan fingerprint density at radius 2 is 1.89 bits per heavy atom. The van der Waals surface area contributed by atoms with E-state index < -0.39 is 11.9 Å². The summed E-state index contributed by atoms with van der Waals surface area (Å²) in [6.07, 6.45) is 1.58. The van der Waals surface area contributed by atoms with Crippen LogP contribution >= 0.6 is 0 Å². The topological polar surface area (TPSA) is 95.4 Å². The third-order valence-corrected chi connectivity index (χ3v) is 2.09. The molecule has 1 unspecified atom stereocenters. The van der Waals surface area contributed by atoms with E-state index in [9.17, 15) is 9.59 Å². The first-order valence-corrected chi connectivity index (χ1v) is 5.89. The summed E-state index contributed by atoms with van der Waals surface area (Å²) >= 11 is 0. The third kappa shape index (κ3) is 8.57. The van der Waals surface area contributed by atoms with Gasteiger partial charge in [-0.1, -0.05) is 36.9 Å². The van der Waals surface area contributed by atoms with E-state index in [1.807, 2.05) is 30.3 Å².